The van der Waals surface area contributed by atoms with Crippen molar-refractivity contribution >= 4 is 67.5 Å². The van der Waals surface area contributed by atoms with E-state index in [1.165, 1.54) is 11.1 Å². The topological polar surface area (TPSA) is 217 Å². The molecule has 0 saturated carbocycles. The number of aliphatic hydroxyl groups excluding tert-OH is 1. The second-order valence-electron chi connectivity index (χ2n) is 23.1. The molecule has 3 aromatic carbocycles. The number of pyridine rings is 1. The molecule has 0 radical (unpaired) electrons. The maximum atomic E-state index is 15.9. The average Bonchev–Trinajstić information content (AvgIpc) is 4.15. The number of rotatable bonds is 16. The number of aromatic amines is 1. The van der Waals surface area contributed by atoms with E-state index in [0.29, 0.717) is 29.2 Å². The Balaban J connectivity index is 0.706. The molecule has 4 fully saturated rings. The third kappa shape index (κ3) is 12.7. The Morgan fingerprint density at radius 2 is 1.60 bits per heavy atom. The summed E-state index contributed by atoms with van der Waals surface area (Å²) in [6, 6.07) is 17.5. The molecule has 18 nitrogen and oxygen atoms in total. The fraction of sp³-hybridized carbons (Fsp3) is 0.458. The lowest BCUT2D eigenvalue weighted by Gasteiger charge is -2.39. The molecule has 0 bridgehead atoms. The predicted molar refractivity (Wildman–Crippen MR) is 309 cm³/mol. The van der Waals surface area contributed by atoms with Crippen molar-refractivity contribution < 1.29 is 45.9 Å². The van der Waals surface area contributed by atoms with Crippen LogP contribution in [-0.2, 0) is 24.6 Å². The molecule has 4 aliphatic heterocycles. The highest BCUT2D eigenvalue weighted by atomic mass is 32.2. The number of H-pyrrole nitrogens is 1. The van der Waals surface area contributed by atoms with E-state index in [4.69, 9.17) is 0 Å². The van der Waals surface area contributed by atoms with Crippen LogP contribution in [0.5, 0.6) is 0 Å². The number of nitrogens with zero attached hydrogens (tertiary/aromatic N) is 7. The van der Waals surface area contributed by atoms with Crippen molar-refractivity contribution in [2.45, 2.75) is 103 Å². The van der Waals surface area contributed by atoms with Gasteiger partial charge in [0.1, 0.15) is 29.7 Å². The highest BCUT2D eigenvalue weighted by molar-refractivity contribution is 7.90. The number of carbonyl (C=O) groups is 4. The van der Waals surface area contributed by atoms with E-state index in [2.05, 4.69) is 40.3 Å². The minimum Gasteiger partial charge on any atom is -0.391 e. The summed E-state index contributed by atoms with van der Waals surface area (Å²) < 4.78 is 73.5. The fourth-order valence-corrected chi connectivity index (χ4v) is 13.8. The van der Waals surface area contributed by atoms with Crippen molar-refractivity contribution in [2.75, 3.05) is 75.1 Å². The normalized spacial score (nSPS) is 20.7. The lowest BCUT2D eigenvalue weighted by atomic mass is 9.85. The largest absolute Gasteiger partial charge is 0.391 e. The number of aryl methyl sites for hydroxylation is 1. The van der Waals surface area contributed by atoms with Crippen molar-refractivity contribution in [3.8, 4) is 21.6 Å². The van der Waals surface area contributed by atoms with Crippen molar-refractivity contribution in [1.82, 2.24) is 44.6 Å². The van der Waals surface area contributed by atoms with Crippen molar-refractivity contribution in [1.29, 1.82) is 0 Å². The summed E-state index contributed by atoms with van der Waals surface area (Å²) in [4.78, 5) is 77.1. The smallest absolute Gasteiger partial charge is 0.301 e. The second kappa shape index (κ2) is 24.2. The summed E-state index contributed by atoms with van der Waals surface area (Å²) in [6.07, 6.45) is 3.55. The first-order valence-corrected chi connectivity index (χ1v) is 30.3. The Hall–Kier alpha value is -6.76. The van der Waals surface area contributed by atoms with Crippen LogP contribution in [0.1, 0.15) is 93.0 Å². The molecule has 10 rings (SSSR count). The number of aromatic nitrogens is 3. The summed E-state index contributed by atoms with van der Waals surface area (Å²) >= 11 is 1.57. The number of alkyl halides is 1. The van der Waals surface area contributed by atoms with Crippen LogP contribution in [0.3, 0.4) is 0 Å². The van der Waals surface area contributed by atoms with E-state index in [1.54, 1.807) is 23.6 Å². The molecule has 3 amide bonds. The van der Waals surface area contributed by atoms with E-state index >= 15 is 8.78 Å². The molecule has 436 valence electrons. The Morgan fingerprint density at radius 3 is 2.28 bits per heavy atom. The molecule has 4 saturated heterocycles. The van der Waals surface area contributed by atoms with Crippen LogP contribution in [0.25, 0.3) is 32.6 Å². The third-order valence-corrected chi connectivity index (χ3v) is 18.8. The number of anilines is 2. The average molecular weight is 1170 g/mol. The lowest BCUT2D eigenvalue weighted by Crippen LogP contribution is -2.58. The van der Waals surface area contributed by atoms with E-state index < -0.39 is 81.1 Å². The number of ketones is 1. The number of hydrogen-bond acceptors (Lipinski definition) is 13. The summed E-state index contributed by atoms with van der Waals surface area (Å²) in [5.41, 5.74) is 5.18. The Labute approximate surface area is 479 Å². The SMILES string of the molecule is Cc1ncsc1-c1ccc([C@H](C)NC(=O)[C@@H]2C[C@@H](O)CN2C(=O)[C@@H](NC(=O)CN2CCCN(C3CCN(c4ccc(-c5cnc6[nH]cc(C(=O)c7c(F)ccc(NS(=O)(=O)N8CC[C@@H](F)C8)c7F)c6c5)cc4)CC3)CC2)C(C)(C)C)cc1. The number of nitrogens with one attached hydrogen (secondary N) is 4. The Bertz CT molecular complexity index is 3440. The first-order chi connectivity index (χ1) is 39.1. The summed E-state index contributed by atoms with van der Waals surface area (Å²) in [7, 11) is -4.38. The maximum Gasteiger partial charge on any atom is 0.301 e. The van der Waals surface area contributed by atoms with Gasteiger partial charge in [0.2, 0.25) is 23.5 Å². The molecule has 3 aromatic heterocycles. The van der Waals surface area contributed by atoms with Gasteiger partial charge in [-0.1, -0.05) is 57.2 Å². The first kappa shape index (κ1) is 58.4. The summed E-state index contributed by atoms with van der Waals surface area (Å²) in [5, 5.41) is 17.2. The number of fused-ring (bicyclic) bond motifs is 1. The number of benzene rings is 3. The van der Waals surface area contributed by atoms with E-state index in [9.17, 15) is 37.1 Å². The highest BCUT2D eigenvalue weighted by Gasteiger charge is 2.45. The van der Waals surface area contributed by atoms with Gasteiger partial charge in [0.25, 0.3) is 0 Å². The van der Waals surface area contributed by atoms with Crippen molar-refractivity contribution in [3.05, 3.63) is 119 Å². The molecule has 82 heavy (non-hydrogen) atoms. The minimum atomic E-state index is -4.38. The first-order valence-electron chi connectivity index (χ1n) is 27.9. The maximum absolute atomic E-state index is 15.9. The molecule has 0 spiro atoms. The molecular formula is C59H70F3N11O7S2. The zero-order chi connectivity index (χ0) is 58.2. The Kier molecular flexibility index (Phi) is 17.3. The van der Waals surface area contributed by atoms with Crippen molar-refractivity contribution in [3.63, 3.8) is 0 Å². The number of amides is 3. The van der Waals surface area contributed by atoms with E-state index in [0.717, 1.165) is 101 Å². The van der Waals surface area contributed by atoms with Gasteiger partial charge in [0.05, 0.1) is 46.0 Å². The van der Waals surface area contributed by atoms with Crippen LogP contribution < -0.4 is 20.3 Å². The fourth-order valence-electron chi connectivity index (χ4n) is 11.7. The van der Waals surface area contributed by atoms with Crippen LogP contribution in [0.15, 0.2) is 84.6 Å². The van der Waals surface area contributed by atoms with Gasteiger partial charge in [-0.25, -0.2) is 23.1 Å². The standard InChI is InChI=1S/C59H70F3N11O7S2/c1-35(37-7-9-39(10-8-37)54-36(2)65-34-81-54)66-57(77)49-28-44(74)32-73(49)58(78)55(59(3,4)5)67-50(75)33-69-20-6-21-70(26-25-69)43-18-22-71(23-19-43)42-13-11-38(12-14-42)40-27-45-46(30-64-56(45)63-29-40)53(76)51-47(61)15-16-48(52(51)62)68-82(79,80)72-24-17-41(60)31-72/h7-16,27,29-30,34-35,41,43-44,49,55,68,74H,6,17-26,28,31-33H2,1-5H3,(H,63,64)(H,66,77)(H,67,75)/t35-,41+,44+,49-,55+/m0/s1. The number of thiazole rings is 1. The van der Waals surface area contributed by atoms with Gasteiger partial charge in [-0.3, -0.25) is 33.7 Å². The second-order valence-corrected chi connectivity index (χ2v) is 25.6. The quantitative estimate of drug-likeness (QED) is 0.0608. The predicted octanol–water partition coefficient (Wildman–Crippen LogP) is 7.22. The summed E-state index contributed by atoms with van der Waals surface area (Å²) in [5.74, 6) is -4.63. The van der Waals surface area contributed by atoms with Gasteiger partial charge < -0.3 is 30.5 Å². The molecule has 5 atom stereocenters. The van der Waals surface area contributed by atoms with Gasteiger partial charge in [-0.05, 0) is 105 Å². The van der Waals surface area contributed by atoms with Gasteiger partial charge in [-0.2, -0.15) is 12.7 Å². The molecular weight excluding hydrogens is 1100 g/mol. The van der Waals surface area contributed by atoms with Crippen LogP contribution >= 0.6 is 11.3 Å². The monoisotopic (exact) mass is 1170 g/mol. The number of aliphatic hydroxyl groups is 1. The Morgan fingerprint density at radius 1 is 0.866 bits per heavy atom. The lowest BCUT2D eigenvalue weighted by molar-refractivity contribution is -0.144. The zero-order valence-electron chi connectivity index (χ0n) is 46.6. The van der Waals surface area contributed by atoms with Gasteiger partial charge in [-0.15, -0.1) is 11.3 Å². The van der Waals surface area contributed by atoms with Crippen LogP contribution in [0.4, 0.5) is 24.5 Å². The number of piperidine rings is 1. The van der Waals surface area contributed by atoms with Gasteiger partial charge >= 0.3 is 10.2 Å². The number of likely N-dealkylation sites (tertiary alicyclic amines) is 1. The van der Waals surface area contributed by atoms with E-state index in [-0.39, 0.29) is 55.9 Å². The highest BCUT2D eigenvalue weighted by Crippen LogP contribution is 2.34. The number of carbonyl (C=O) groups excluding carboxylic acids is 4. The molecule has 0 aliphatic carbocycles. The van der Waals surface area contributed by atoms with Crippen LogP contribution in [-0.4, -0.2) is 167 Å². The van der Waals surface area contributed by atoms with Crippen LogP contribution in [0.2, 0.25) is 0 Å². The van der Waals surface area contributed by atoms with Gasteiger partial charge in [0.15, 0.2) is 5.82 Å². The molecule has 7 heterocycles. The molecule has 4 aliphatic rings. The zero-order valence-corrected chi connectivity index (χ0v) is 48.3. The molecule has 23 heteroatoms. The van der Waals surface area contributed by atoms with Crippen LogP contribution in [0, 0.1) is 24.0 Å². The number of halogens is 3. The van der Waals surface area contributed by atoms with E-state index in [1.807, 2.05) is 93.4 Å². The molecule has 5 N–H and O–H groups in total. The minimum absolute atomic E-state index is 0.00704. The molecule has 0 unspecified atom stereocenters. The van der Waals surface area contributed by atoms with Crippen molar-refractivity contribution in [2.24, 2.45) is 5.41 Å². The molecule has 6 aromatic rings. The number of β-amino-alcohol motifs (C(OH)–C–C–N with tert-alkyl or cyclic N) is 1. The third-order valence-electron chi connectivity index (χ3n) is 16.4. The van der Waals surface area contributed by atoms with Gasteiger partial charge in [0, 0.05) is 92.9 Å². The number of hydrogen-bond donors (Lipinski definition) is 5. The summed E-state index contributed by atoms with van der Waals surface area (Å²) in [6.45, 7) is 13.9.